The molecule has 0 aliphatic carbocycles. The van der Waals surface area contributed by atoms with Crippen LogP contribution < -0.4 is 9.80 Å². The van der Waals surface area contributed by atoms with E-state index in [1.165, 1.54) is 47.3 Å². The zero-order chi connectivity index (χ0) is 51.5. The first-order valence-electron chi connectivity index (χ1n) is 26.6. The second-order valence-corrected chi connectivity index (χ2v) is 21.0. The van der Waals surface area contributed by atoms with Crippen LogP contribution in [0.15, 0.2) is 296 Å². The Kier molecular flexibility index (Phi) is 11.0. The maximum atomic E-state index is 6.46. The number of furan rings is 1. The molecule has 0 aliphatic heterocycles. The summed E-state index contributed by atoms with van der Waals surface area (Å²) in [6.45, 7) is 0. The molecule has 0 aliphatic rings. The molecule has 2 aromatic heterocycles. The lowest BCUT2D eigenvalue weighted by molar-refractivity contribution is 0.669. The van der Waals surface area contributed by atoms with Gasteiger partial charge in [-0.2, -0.15) is 0 Å². The lowest BCUT2D eigenvalue weighted by atomic mass is 9.94. The van der Waals surface area contributed by atoms with E-state index in [9.17, 15) is 0 Å². The largest absolute Gasteiger partial charge is 0.456 e. The minimum atomic E-state index is 0.852. The normalized spacial score (nSPS) is 11.6. The van der Waals surface area contributed by atoms with Gasteiger partial charge in [-0.15, -0.1) is 11.3 Å². The molecule has 0 saturated heterocycles. The molecule has 4 heteroatoms. The number of para-hydroxylation sites is 4. The van der Waals surface area contributed by atoms with Gasteiger partial charge < -0.3 is 14.2 Å². The summed E-state index contributed by atoms with van der Waals surface area (Å²) in [6.07, 6.45) is 0. The van der Waals surface area contributed by atoms with E-state index in [2.05, 4.69) is 295 Å². The summed E-state index contributed by atoms with van der Waals surface area (Å²) < 4.78 is 9.09. The van der Waals surface area contributed by atoms with Gasteiger partial charge in [0.25, 0.3) is 0 Å². The number of fused-ring (bicyclic) bond motifs is 11. The fourth-order valence-electron chi connectivity index (χ4n) is 11.8. The lowest BCUT2D eigenvalue weighted by Gasteiger charge is -2.32. The van der Waals surface area contributed by atoms with Crippen LogP contribution >= 0.6 is 11.3 Å². The minimum absolute atomic E-state index is 0.852. The van der Waals surface area contributed by atoms with Gasteiger partial charge in [-0.1, -0.05) is 206 Å². The first-order chi connectivity index (χ1) is 38.7. The van der Waals surface area contributed by atoms with Crippen molar-refractivity contribution < 1.29 is 4.42 Å². The highest BCUT2D eigenvalue weighted by Gasteiger charge is 2.24. The van der Waals surface area contributed by atoms with Crippen LogP contribution in [-0.4, -0.2) is 0 Å². The van der Waals surface area contributed by atoms with Gasteiger partial charge in [-0.05, 0) is 134 Å². The highest BCUT2D eigenvalue weighted by Crippen LogP contribution is 2.49. The fourth-order valence-corrected chi connectivity index (χ4v) is 13.1. The van der Waals surface area contributed by atoms with Crippen molar-refractivity contribution in [2.75, 3.05) is 9.80 Å². The standard InChI is InChI=1S/C74H48N2OS/c1-4-21-49(22-5-1)59-29-14-17-36-68(59)75(55-27-8-3-9-28-55)57-44-54(52-26-20-25-51(43-52)53-39-42-72-67(46-53)73-64-34-12-10-31-61(64)62-32-11-13-35-65(62)74(73)78-72)45-58(47-57)76(69-37-18-15-30-60(69)50-23-6-2-7-24-50)56-40-41-71-66(48-56)63-33-16-19-38-70(63)77-71/h1-48H. The molecular formula is C74H48N2OS. The van der Waals surface area contributed by atoms with Gasteiger partial charge in [0.05, 0.1) is 11.4 Å². The Hall–Kier alpha value is -10.0. The molecule has 0 unspecified atom stereocenters. The van der Waals surface area contributed by atoms with Crippen LogP contribution in [0.4, 0.5) is 34.1 Å². The average Bonchev–Trinajstić information content (AvgIpc) is 4.31. The number of hydrogen-bond donors (Lipinski definition) is 0. The molecule has 0 bridgehead atoms. The van der Waals surface area contributed by atoms with Crippen LogP contribution in [0.2, 0.25) is 0 Å². The maximum Gasteiger partial charge on any atom is 0.135 e. The van der Waals surface area contributed by atoms with Gasteiger partial charge in [0.2, 0.25) is 0 Å². The fraction of sp³-hybridized carbons (Fsp3) is 0. The van der Waals surface area contributed by atoms with Gasteiger partial charge >= 0.3 is 0 Å². The van der Waals surface area contributed by atoms with Crippen molar-refractivity contribution >= 4 is 109 Å². The molecule has 0 radical (unpaired) electrons. The quantitative estimate of drug-likeness (QED) is 0.127. The number of nitrogens with zero attached hydrogens (tertiary/aromatic N) is 2. The Morgan fingerprint density at radius 1 is 0.256 bits per heavy atom. The number of anilines is 6. The van der Waals surface area contributed by atoms with Crippen LogP contribution in [0.3, 0.4) is 0 Å². The predicted molar refractivity (Wildman–Crippen MR) is 333 cm³/mol. The third-order valence-electron chi connectivity index (χ3n) is 15.4. The summed E-state index contributed by atoms with van der Waals surface area (Å²) in [5.41, 5.74) is 17.0. The Balaban J connectivity index is 0.981. The molecular weight excluding hydrogens is 965 g/mol. The smallest absolute Gasteiger partial charge is 0.135 e. The van der Waals surface area contributed by atoms with Gasteiger partial charge in [-0.25, -0.2) is 0 Å². The van der Waals surface area contributed by atoms with E-state index in [0.29, 0.717) is 0 Å². The van der Waals surface area contributed by atoms with Gasteiger partial charge in [0.15, 0.2) is 0 Å². The zero-order valence-corrected chi connectivity index (χ0v) is 43.2. The van der Waals surface area contributed by atoms with Gasteiger partial charge in [-0.3, -0.25) is 0 Å². The van der Waals surface area contributed by atoms with Crippen LogP contribution in [0.25, 0.3) is 108 Å². The second-order valence-electron chi connectivity index (χ2n) is 20.0. The SMILES string of the molecule is c1ccc(-c2ccccc2N(c2ccccc2)c2cc(-c3cccc(-c4ccc5sc6c7ccccc7c7ccccc7c6c5c4)c3)cc(N(c3ccc4oc5ccccc5c4c3)c3ccccc3-c3ccccc3)c2)cc1. The van der Waals surface area contributed by atoms with E-state index in [1.54, 1.807) is 0 Å². The van der Waals surface area contributed by atoms with Crippen molar-refractivity contribution in [3.05, 3.63) is 291 Å². The highest BCUT2D eigenvalue weighted by atomic mass is 32.1. The number of rotatable bonds is 10. The Bertz CT molecular complexity index is 4750. The summed E-state index contributed by atoms with van der Waals surface area (Å²) in [5, 5.41) is 9.95. The molecule has 2 heterocycles. The van der Waals surface area contributed by atoms with E-state index in [0.717, 1.165) is 95.0 Å². The molecule has 0 atom stereocenters. The molecule has 15 rings (SSSR count). The second kappa shape index (κ2) is 19.0. The number of thiophene rings is 1. The third-order valence-corrected chi connectivity index (χ3v) is 16.6. The van der Waals surface area contributed by atoms with Crippen molar-refractivity contribution in [1.29, 1.82) is 0 Å². The Morgan fingerprint density at radius 2 is 0.756 bits per heavy atom. The number of hydrogen-bond acceptors (Lipinski definition) is 4. The molecule has 0 amide bonds. The summed E-state index contributed by atoms with van der Waals surface area (Å²) in [4.78, 5) is 4.87. The van der Waals surface area contributed by atoms with Crippen molar-refractivity contribution in [3.8, 4) is 44.5 Å². The predicted octanol–water partition coefficient (Wildman–Crippen LogP) is 21.9. The first kappa shape index (κ1) is 45.4. The Morgan fingerprint density at radius 3 is 1.44 bits per heavy atom. The van der Waals surface area contributed by atoms with E-state index in [-0.39, 0.29) is 0 Å². The zero-order valence-electron chi connectivity index (χ0n) is 42.4. The molecule has 13 aromatic carbocycles. The summed E-state index contributed by atoms with van der Waals surface area (Å²) in [7, 11) is 0. The van der Waals surface area contributed by atoms with Crippen LogP contribution in [0.1, 0.15) is 0 Å². The molecule has 0 spiro atoms. The Labute approximate surface area is 456 Å². The molecule has 0 saturated carbocycles. The molecule has 78 heavy (non-hydrogen) atoms. The molecule has 3 nitrogen and oxygen atoms in total. The van der Waals surface area contributed by atoms with Crippen LogP contribution in [0.5, 0.6) is 0 Å². The first-order valence-corrected chi connectivity index (χ1v) is 27.4. The van der Waals surface area contributed by atoms with E-state index < -0.39 is 0 Å². The van der Waals surface area contributed by atoms with Crippen molar-refractivity contribution in [3.63, 3.8) is 0 Å². The summed E-state index contributed by atoms with van der Waals surface area (Å²) in [5.74, 6) is 0. The lowest BCUT2D eigenvalue weighted by Crippen LogP contribution is -2.15. The van der Waals surface area contributed by atoms with Crippen molar-refractivity contribution in [1.82, 2.24) is 0 Å². The van der Waals surface area contributed by atoms with Crippen LogP contribution in [0, 0.1) is 0 Å². The molecule has 0 fully saturated rings. The maximum absolute atomic E-state index is 6.46. The van der Waals surface area contributed by atoms with E-state index >= 15 is 0 Å². The summed E-state index contributed by atoms with van der Waals surface area (Å²) in [6, 6.07) is 106. The molecule has 0 N–H and O–H groups in total. The molecule has 15 aromatic rings. The average molecular weight is 1010 g/mol. The van der Waals surface area contributed by atoms with Gasteiger partial charge in [0, 0.05) is 70.2 Å². The van der Waals surface area contributed by atoms with E-state index in [4.69, 9.17) is 4.42 Å². The van der Waals surface area contributed by atoms with Gasteiger partial charge in [0.1, 0.15) is 11.2 Å². The summed E-state index contributed by atoms with van der Waals surface area (Å²) >= 11 is 1.90. The van der Waals surface area contributed by atoms with Crippen molar-refractivity contribution in [2.45, 2.75) is 0 Å². The topological polar surface area (TPSA) is 19.6 Å². The monoisotopic (exact) mass is 1010 g/mol. The highest BCUT2D eigenvalue weighted by molar-refractivity contribution is 7.27. The van der Waals surface area contributed by atoms with E-state index in [1.807, 2.05) is 17.4 Å². The third kappa shape index (κ3) is 7.81. The molecule has 366 valence electrons. The number of benzene rings is 13. The van der Waals surface area contributed by atoms with Crippen LogP contribution in [-0.2, 0) is 0 Å². The minimum Gasteiger partial charge on any atom is -0.456 e. The van der Waals surface area contributed by atoms with Crippen molar-refractivity contribution in [2.24, 2.45) is 0 Å².